The van der Waals surface area contributed by atoms with Crippen molar-refractivity contribution in [3.8, 4) is 11.5 Å². The molecule has 1 atom stereocenters. The zero-order valence-electron chi connectivity index (χ0n) is 18.3. The van der Waals surface area contributed by atoms with Crippen LogP contribution in [0.3, 0.4) is 0 Å². The molecule has 0 aromatic heterocycles. The van der Waals surface area contributed by atoms with Gasteiger partial charge in [-0.05, 0) is 43.4 Å². The maximum absolute atomic E-state index is 12.9. The average Bonchev–Trinajstić information content (AvgIpc) is 2.64. The van der Waals surface area contributed by atoms with Crippen LogP contribution in [0.25, 0.3) is 0 Å². The number of allylic oxidation sites excluding steroid dienone is 1. The summed E-state index contributed by atoms with van der Waals surface area (Å²) in [6.45, 7) is 12.1. The van der Waals surface area contributed by atoms with Crippen LogP contribution in [-0.4, -0.2) is 31.8 Å². The number of nitrogens with one attached hydrogen (secondary N) is 2. The standard InChI is InChI=1S/C22H32N2O5/c1-12(2)11-28-16-9-8-15(10-17(16)27-7)20-18(21(25)29-14(5)6)19(13(3)4)23-22(26)24-20/h8-10,12-14,20H,11H2,1-7H3,(H2,23,24,26). The van der Waals surface area contributed by atoms with E-state index in [1.807, 2.05) is 19.9 Å². The molecule has 7 nitrogen and oxygen atoms in total. The van der Waals surface area contributed by atoms with Crippen molar-refractivity contribution in [2.75, 3.05) is 13.7 Å². The molecule has 2 rings (SSSR count). The predicted molar refractivity (Wildman–Crippen MR) is 111 cm³/mol. The van der Waals surface area contributed by atoms with Gasteiger partial charge in [-0.1, -0.05) is 33.8 Å². The van der Waals surface area contributed by atoms with E-state index in [2.05, 4.69) is 24.5 Å². The van der Waals surface area contributed by atoms with Gasteiger partial charge >= 0.3 is 12.0 Å². The van der Waals surface area contributed by atoms with Gasteiger partial charge in [0.1, 0.15) is 0 Å². The van der Waals surface area contributed by atoms with Gasteiger partial charge in [-0.2, -0.15) is 0 Å². The van der Waals surface area contributed by atoms with Crippen LogP contribution >= 0.6 is 0 Å². The molecule has 1 unspecified atom stereocenters. The lowest BCUT2D eigenvalue weighted by molar-refractivity contribution is -0.143. The Hall–Kier alpha value is -2.70. The molecule has 1 aliphatic heterocycles. The molecular weight excluding hydrogens is 372 g/mol. The summed E-state index contributed by atoms with van der Waals surface area (Å²) < 4.78 is 16.8. The Morgan fingerprint density at radius 2 is 1.79 bits per heavy atom. The van der Waals surface area contributed by atoms with E-state index in [9.17, 15) is 9.59 Å². The highest BCUT2D eigenvalue weighted by molar-refractivity contribution is 5.95. The third kappa shape index (κ3) is 5.65. The van der Waals surface area contributed by atoms with Crippen LogP contribution in [0.5, 0.6) is 11.5 Å². The summed E-state index contributed by atoms with van der Waals surface area (Å²) in [5, 5.41) is 5.60. The van der Waals surface area contributed by atoms with Crippen molar-refractivity contribution >= 4 is 12.0 Å². The second-order valence-corrected chi connectivity index (χ2v) is 8.08. The van der Waals surface area contributed by atoms with Crippen LogP contribution in [0.1, 0.15) is 53.1 Å². The highest BCUT2D eigenvalue weighted by Crippen LogP contribution is 2.36. The molecule has 2 amide bonds. The zero-order chi connectivity index (χ0) is 21.7. The van der Waals surface area contributed by atoms with Crippen LogP contribution < -0.4 is 20.1 Å². The van der Waals surface area contributed by atoms with E-state index >= 15 is 0 Å². The number of hydrogen-bond donors (Lipinski definition) is 2. The fraction of sp³-hybridized carbons (Fsp3) is 0.545. The van der Waals surface area contributed by atoms with Crippen molar-refractivity contribution in [2.45, 2.75) is 53.7 Å². The van der Waals surface area contributed by atoms with Gasteiger partial charge < -0.3 is 24.8 Å². The van der Waals surface area contributed by atoms with Crippen molar-refractivity contribution in [1.82, 2.24) is 10.6 Å². The fourth-order valence-electron chi connectivity index (χ4n) is 3.03. The first kappa shape index (κ1) is 22.6. The summed E-state index contributed by atoms with van der Waals surface area (Å²) in [4.78, 5) is 25.2. The molecule has 1 heterocycles. The number of ether oxygens (including phenoxy) is 3. The molecule has 0 spiro atoms. The maximum Gasteiger partial charge on any atom is 0.338 e. The Balaban J connectivity index is 2.49. The van der Waals surface area contributed by atoms with E-state index in [1.165, 1.54) is 0 Å². The second-order valence-electron chi connectivity index (χ2n) is 8.08. The summed E-state index contributed by atoms with van der Waals surface area (Å²) >= 11 is 0. The first-order chi connectivity index (χ1) is 13.6. The van der Waals surface area contributed by atoms with E-state index in [0.717, 1.165) is 0 Å². The number of urea groups is 1. The van der Waals surface area contributed by atoms with E-state index in [1.54, 1.807) is 33.1 Å². The Bertz CT molecular complexity index is 783. The third-order valence-electron chi connectivity index (χ3n) is 4.34. The fourth-order valence-corrected chi connectivity index (χ4v) is 3.03. The molecule has 1 aromatic rings. The summed E-state index contributed by atoms with van der Waals surface area (Å²) in [6, 6.07) is 4.39. The minimum Gasteiger partial charge on any atom is -0.493 e. The first-order valence-electron chi connectivity index (χ1n) is 9.97. The van der Waals surface area contributed by atoms with Crippen molar-refractivity contribution in [3.05, 3.63) is 35.0 Å². The second kappa shape index (κ2) is 9.67. The quantitative estimate of drug-likeness (QED) is 0.641. The molecule has 0 fully saturated rings. The number of esters is 1. The van der Waals surface area contributed by atoms with E-state index in [0.29, 0.717) is 40.9 Å². The van der Waals surface area contributed by atoms with Crippen LogP contribution in [0.4, 0.5) is 4.79 Å². The minimum atomic E-state index is -0.652. The van der Waals surface area contributed by atoms with Crippen LogP contribution in [0.2, 0.25) is 0 Å². The Morgan fingerprint density at radius 3 is 2.34 bits per heavy atom. The molecule has 160 valence electrons. The number of benzene rings is 1. The van der Waals surface area contributed by atoms with Crippen molar-refractivity contribution in [2.24, 2.45) is 11.8 Å². The summed E-state index contributed by atoms with van der Waals surface area (Å²) in [7, 11) is 1.56. The van der Waals surface area contributed by atoms with Crippen molar-refractivity contribution in [3.63, 3.8) is 0 Å². The Kier molecular flexibility index (Phi) is 7.53. The van der Waals surface area contributed by atoms with Gasteiger partial charge in [0.15, 0.2) is 11.5 Å². The Labute approximate surface area is 172 Å². The lowest BCUT2D eigenvalue weighted by atomic mass is 9.91. The molecule has 0 bridgehead atoms. The molecule has 0 radical (unpaired) electrons. The average molecular weight is 405 g/mol. The van der Waals surface area contributed by atoms with Gasteiger partial charge in [0, 0.05) is 5.70 Å². The molecule has 0 saturated heterocycles. The molecule has 0 aliphatic carbocycles. The number of carbonyl (C=O) groups is 2. The number of rotatable bonds is 8. The molecule has 7 heteroatoms. The van der Waals surface area contributed by atoms with Gasteiger partial charge in [0.2, 0.25) is 0 Å². The number of methoxy groups -OCH3 is 1. The van der Waals surface area contributed by atoms with Gasteiger partial charge in [-0.15, -0.1) is 0 Å². The third-order valence-corrected chi connectivity index (χ3v) is 4.34. The van der Waals surface area contributed by atoms with Crippen molar-refractivity contribution in [1.29, 1.82) is 0 Å². The summed E-state index contributed by atoms with van der Waals surface area (Å²) in [5.74, 6) is 1.01. The van der Waals surface area contributed by atoms with Crippen LogP contribution in [-0.2, 0) is 9.53 Å². The lowest BCUT2D eigenvalue weighted by Crippen LogP contribution is -2.47. The van der Waals surface area contributed by atoms with E-state index in [4.69, 9.17) is 14.2 Å². The molecule has 29 heavy (non-hydrogen) atoms. The Morgan fingerprint density at radius 1 is 1.10 bits per heavy atom. The highest BCUT2D eigenvalue weighted by Gasteiger charge is 2.35. The molecule has 1 aromatic carbocycles. The minimum absolute atomic E-state index is 0.0613. The maximum atomic E-state index is 12.9. The highest BCUT2D eigenvalue weighted by atomic mass is 16.5. The SMILES string of the molecule is COc1cc(C2NC(=O)NC(C(C)C)=C2C(=O)OC(C)C)ccc1OCC(C)C. The predicted octanol–water partition coefficient (Wildman–Crippen LogP) is 3.95. The van der Waals surface area contributed by atoms with E-state index < -0.39 is 12.0 Å². The first-order valence-corrected chi connectivity index (χ1v) is 9.97. The zero-order valence-corrected chi connectivity index (χ0v) is 18.3. The van der Waals surface area contributed by atoms with Gasteiger partial charge in [-0.25, -0.2) is 9.59 Å². The monoisotopic (exact) mass is 404 g/mol. The summed E-state index contributed by atoms with van der Waals surface area (Å²) in [6.07, 6.45) is -0.275. The number of amides is 2. The normalized spacial score (nSPS) is 16.8. The molecular formula is C22H32N2O5. The number of hydrogen-bond acceptors (Lipinski definition) is 5. The van der Waals surface area contributed by atoms with Crippen LogP contribution in [0, 0.1) is 11.8 Å². The molecule has 0 saturated carbocycles. The summed E-state index contributed by atoms with van der Waals surface area (Å²) in [5.41, 5.74) is 1.66. The van der Waals surface area contributed by atoms with Gasteiger partial charge in [0.25, 0.3) is 0 Å². The van der Waals surface area contributed by atoms with Gasteiger partial charge in [0.05, 0.1) is 31.4 Å². The van der Waals surface area contributed by atoms with Gasteiger partial charge in [-0.3, -0.25) is 0 Å². The smallest absolute Gasteiger partial charge is 0.338 e. The molecule has 2 N–H and O–H groups in total. The molecule has 1 aliphatic rings. The van der Waals surface area contributed by atoms with E-state index in [-0.39, 0.29) is 18.1 Å². The largest absolute Gasteiger partial charge is 0.493 e. The topological polar surface area (TPSA) is 85.9 Å². The van der Waals surface area contributed by atoms with Crippen molar-refractivity contribution < 1.29 is 23.8 Å². The number of carbonyl (C=O) groups excluding carboxylic acids is 2. The lowest BCUT2D eigenvalue weighted by Gasteiger charge is -2.31. The van der Waals surface area contributed by atoms with Crippen LogP contribution in [0.15, 0.2) is 29.5 Å².